The lowest BCUT2D eigenvalue weighted by Gasteiger charge is -2.33. The minimum Gasteiger partial charge on any atom is -0.443 e. The van der Waals surface area contributed by atoms with Crippen LogP contribution in [0.1, 0.15) is 33.6 Å². The number of carbonyl (C=O) groups excluding carboxylic acids is 1. The van der Waals surface area contributed by atoms with Crippen LogP contribution < -0.4 is 15.4 Å². The normalized spacial score (nSPS) is 18.6. The second-order valence-corrected chi connectivity index (χ2v) is 7.88. The average Bonchev–Trinajstić information content (AvgIpc) is 2.53. The van der Waals surface area contributed by atoms with Crippen molar-refractivity contribution in [1.29, 1.82) is 0 Å². The highest BCUT2D eigenvalue weighted by atomic mass is 19.4. The largest absolute Gasteiger partial charge is 0.573 e. The van der Waals surface area contributed by atoms with E-state index in [4.69, 9.17) is 10.5 Å². The number of rotatable bonds is 5. The molecule has 1 aliphatic heterocycles. The van der Waals surface area contributed by atoms with Crippen LogP contribution in [-0.2, 0) is 4.74 Å². The Balaban J connectivity index is 2.11. The molecule has 1 aromatic carbocycles. The van der Waals surface area contributed by atoms with Gasteiger partial charge in [0.2, 0.25) is 0 Å². The zero-order valence-corrected chi connectivity index (χ0v) is 16.5. The summed E-state index contributed by atoms with van der Waals surface area (Å²) in [5.41, 5.74) is 5.74. The summed E-state index contributed by atoms with van der Waals surface area (Å²) in [5, 5.41) is 0. The van der Waals surface area contributed by atoms with Crippen LogP contribution in [0.25, 0.3) is 0 Å². The van der Waals surface area contributed by atoms with Gasteiger partial charge in [0, 0.05) is 31.4 Å². The third kappa shape index (κ3) is 7.55. The number of likely N-dealkylation sites (tertiary alicyclic amines) is 1. The van der Waals surface area contributed by atoms with Crippen LogP contribution in [0.15, 0.2) is 24.3 Å². The van der Waals surface area contributed by atoms with Crippen LogP contribution in [0.3, 0.4) is 0 Å². The van der Waals surface area contributed by atoms with E-state index in [0.717, 1.165) is 25.9 Å². The fourth-order valence-electron chi connectivity index (χ4n) is 3.01. The number of alkyl halides is 3. The number of ether oxygens (including phenoxy) is 2. The molecule has 1 amide bonds. The second kappa shape index (κ2) is 9.00. The Morgan fingerprint density at radius 1 is 1.25 bits per heavy atom. The molecule has 1 aliphatic rings. The fraction of sp³-hybridized carbons (Fsp3) is 0.632. The predicted octanol–water partition coefficient (Wildman–Crippen LogP) is 3.75. The van der Waals surface area contributed by atoms with Crippen molar-refractivity contribution in [3.05, 3.63) is 24.3 Å². The third-order valence-electron chi connectivity index (χ3n) is 4.18. The van der Waals surface area contributed by atoms with Gasteiger partial charge in [0.15, 0.2) is 0 Å². The highest BCUT2D eigenvalue weighted by Gasteiger charge is 2.31. The minimum atomic E-state index is -4.76. The van der Waals surface area contributed by atoms with Gasteiger partial charge in [0.05, 0.1) is 0 Å². The van der Waals surface area contributed by atoms with Crippen LogP contribution in [0.2, 0.25) is 0 Å². The molecular weight excluding hydrogens is 375 g/mol. The van der Waals surface area contributed by atoms with Crippen LogP contribution in [-0.4, -0.2) is 55.2 Å². The standard InChI is InChI=1S/C19H28F3N3O3/c1-18(2,3)28-17(26)25(12-11-24-10-4-5-14(23)13-24)15-6-8-16(9-7-15)27-19(20,21)22/h6-9,14H,4-5,10-13,23H2,1-3H3/t14-/m1/s1. The molecule has 0 radical (unpaired) electrons. The smallest absolute Gasteiger partial charge is 0.443 e. The fourth-order valence-corrected chi connectivity index (χ4v) is 3.01. The molecule has 1 aromatic rings. The number of nitrogens with zero attached hydrogens (tertiary/aromatic N) is 2. The summed E-state index contributed by atoms with van der Waals surface area (Å²) in [7, 11) is 0. The van der Waals surface area contributed by atoms with Gasteiger partial charge in [-0.3, -0.25) is 4.90 Å². The highest BCUT2D eigenvalue weighted by molar-refractivity contribution is 5.88. The Morgan fingerprint density at radius 3 is 2.43 bits per heavy atom. The molecule has 0 unspecified atom stereocenters. The van der Waals surface area contributed by atoms with Crippen molar-refractivity contribution in [3.63, 3.8) is 0 Å². The van der Waals surface area contributed by atoms with E-state index < -0.39 is 18.1 Å². The maximum atomic E-state index is 12.7. The lowest BCUT2D eigenvalue weighted by Crippen LogP contribution is -2.47. The van der Waals surface area contributed by atoms with Gasteiger partial charge in [0.25, 0.3) is 0 Å². The van der Waals surface area contributed by atoms with E-state index in [1.54, 1.807) is 20.8 Å². The van der Waals surface area contributed by atoms with Gasteiger partial charge in [-0.1, -0.05) is 0 Å². The molecule has 1 atom stereocenters. The quantitative estimate of drug-likeness (QED) is 0.811. The van der Waals surface area contributed by atoms with Gasteiger partial charge in [-0.05, 0) is 64.4 Å². The number of nitrogens with two attached hydrogens (primary N) is 1. The summed E-state index contributed by atoms with van der Waals surface area (Å²) < 4.78 is 46.4. The van der Waals surface area contributed by atoms with E-state index in [9.17, 15) is 18.0 Å². The van der Waals surface area contributed by atoms with Crippen molar-refractivity contribution in [2.75, 3.05) is 31.1 Å². The number of halogens is 3. The molecule has 158 valence electrons. The lowest BCUT2D eigenvalue weighted by atomic mass is 10.1. The Hall–Kier alpha value is -2.00. The minimum absolute atomic E-state index is 0.113. The van der Waals surface area contributed by atoms with Gasteiger partial charge < -0.3 is 20.1 Å². The number of carbonyl (C=O) groups is 1. The van der Waals surface area contributed by atoms with Gasteiger partial charge in [0.1, 0.15) is 11.4 Å². The molecule has 0 aliphatic carbocycles. The van der Waals surface area contributed by atoms with Gasteiger partial charge in [-0.2, -0.15) is 0 Å². The maximum absolute atomic E-state index is 12.7. The van der Waals surface area contributed by atoms with Crippen LogP contribution >= 0.6 is 0 Å². The van der Waals surface area contributed by atoms with Gasteiger partial charge in [-0.15, -0.1) is 13.2 Å². The molecule has 0 aromatic heterocycles. The highest BCUT2D eigenvalue weighted by Crippen LogP contribution is 2.26. The van der Waals surface area contributed by atoms with Crippen LogP contribution in [0, 0.1) is 0 Å². The molecule has 9 heteroatoms. The van der Waals surface area contributed by atoms with E-state index in [2.05, 4.69) is 9.64 Å². The first-order valence-corrected chi connectivity index (χ1v) is 9.27. The summed E-state index contributed by atoms with van der Waals surface area (Å²) in [6, 6.07) is 5.29. The van der Waals surface area contributed by atoms with Crippen molar-refractivity contribution in [3.8, 4) is 5.75 Å². The monoisotopic (exact) mass is 403 g/mol. The Morgan fingerprint density at radius 2 is 1.89 bits per heavy atom. The summed E-state index contributed by atoms with van der Waals surface area (Å²) in [5.74, 6) is -0.345. The van der Waals surface area contributed by atoms with Crippen molar-refractivity contribution < 1.29 is 27.4 Å². The van der Waals surface area contributed by atoms with E-state index in [0.29, 0.717) is 18.8 Å². The number of amides is 1. The van der Waals surface area contributed by atoms with E-state index in [-0.39, 0.29) is 11.8 Å². The Kier molecular flexibility index (Phi) is 7.16. The molecule has 0 saturated carbocycles. The van der Waals surface area contributed by atoms with Crippen molar-refractivity contribution in [2.45, 2.75) is 51.6 Å². The molecule has 2 N–H and O–H groups in total. The molecule has 0 spiro atoms. The molecule has 0 bridgehead atoms. The zero-order chi connectivity index (χ0) is 20.9. The van der Waals surface area contributed by atoms with Crippen LogP contribution in [0.5, 0.6) is 5.75 Å². The molecule has 1 heterocycles. The summed E-state index contributed by atoms with van der Waals surface area (Å²) in [6.45, 7) is 7.84. The number of hydrogen-bond acceptors (Lipinski definition) is 5. The third-order valence-corrected chi connectivity index (χ3v) is 4.18. The van der Waals surface area contributed by atoms with Gasteiger partial charge >= 0.3 is 12.5 Å². The number of benzene rings is 1. The average molecular weight is 403 g/mol. The molecular formula is C19H28F3N3O3. The van der Waals surface area contributed by atoms with Crippen molar-refractivity contribution in [1.82, 2.24) is 4.90 Å². The van der Waals surface area contributed by atoms with E-state index in [1.165, 1.54) is 29.2 Å². The topological polar surface area (TPSA) is 68.0 Å². The summed E-state index contributed by atoms with van der Waals surface area (Å²) in [4.78, 5) is 16.3. The summed E-state index contributed by atoms with van der Waals surface area (Å²) in [6.07, 6.45) is -3.35. The number of hydrogen-bond donors (Lipinski definition) is 1. The van der Waals surface area contributed by atoms with Crippen molar-refractivity contribution >= 4 is 11.8 Å². The summed E-state index contributed by atoms with van der Waals surface area (Å²) >= 11 is 0. The molecule has 1 fully saturated rings. The molecule has 2 rings (SSSR count). The predicted molar refractivity (Wildman–Crippen MR) is 100 cm³/mol. The zero-order valence-electron chi connectivity index (χ0n) is 16.5. The first kappa shape index (κ1) is 22.3. The molecule has 6 nitrogen and oxygen atoms in total. The van der Waals surface area contributed by atoms with E-state index in [1.807, 2.05) is 0 Å². The lowest BCUT2D eigenvalue weighted by molar-refractivity contribution is -0.274. The maximum Gasteiger partial charge on any atom is 0.573 e. The Labute approximate surface area is 163 Å². The number of anilines is 1. The SMILES string of the molecule is CC(C)(C)OC(=O)N(CCN1CCC[C@@H](N)C1)c1ccc(OC(F)(F)F)cc1. The Bertz CT molecular complexity index is 645. The molecule has 1 saturated heterocycles. The van der Waals surface area contributed by atoms with E-state index >= 15 is 0 Å². The first-order chi connectivity index (χ1) is 12.9. The number of piperidine rings is 1. The first-order valence-electron chi connectivity index (χ1n) is 9.27. The van der Waals surface area contributed by atoms with Gasteiger partial charge in [-0.25, -0.2) is 4.79 Å². The molecule has 28 heavy (non-hydrogen) atoms. The van der Waals surface area contributed by atoms with Crippen molar-refractivity contribution in [2.24, 2.45) is 5.73 Å². The van der Waals surface area contributed by atoms with Crippen LogP contribution in [0.4, 0.5) is 23.7 Å². The second-order valence-electron chi connectivity index (χ2n) is 7.88.